The molecule has 27 heavy (non-hydrogen) atoms. The molecule has 146 valence electrons. The Kier molecular flexibility index (Phi) is 5.80. The van der Waals surface area contributed by atoms with E-state index in [0.29, 0.717) is 17.9 Å². The van der Waals surface area contributed by atoms with Crippen molar-refractivity contribution >= 4 is 39.9 Å². The molecule has 1 aromatic heterocycles. The fraction of sp³-hybridized carbons (Fsp3) is 0.438. The van der Waals surface area contributed by atoms with Gasteiger partial charge in [-0.05, 0) is 30.4 Å². The standard InChI is InChI=1S/C16H18F3N5OS2/c1-3-7-26-11-6-4-5-10(8-11)20-12-9-23(2)15(25)24(12)14-22-21-13(27-14)16(17,18)19/h4-6,8,12,20H,3,7,9H2,1-2H3. The van der Waals surface area contributed by atoms with Crippen LogP contribution >= 0.6 is 23.1 Å². The third-order valence-electron chi connectivity index (χ3n) is 3.79. The monoisotopic (exact) mass is 417 g/mol. The van der Waals surface area contributed by atoms with E-state index in [2.05, 4.69) is 22.4 Å². The summed E-state index contributed by atoms with van der Waals surface area (Å²) in [6.07, 6.45) is -4.07. The van der Waals surface area contributed by atoms with Crippen LogP contribution in [0.2, 0.25) is 0 Å². The number of nitrogens with zero attached hydrogens (tertiary/aromatic N) is 4. The van der Waals surface area contributed by atoms with Crippen LogP contribution in [0.4, 0.5) is 28.8 Å². The second kappa shape index (κ2) is 7.93. The molecule has 1 aliphatic heterocycles. The number of likely N-dealkylation sites (N-methyl/N-ethyl adjacent to an activating group) is 1. The molecule has 2 aromatic rings. The molecule has 1 aliphatic rings. The van der Waals surface area contributed by atoms with Gasteiger partial charge < -0.3 is 10.2 Å². The van der Waals surface area contributed by atoms with Crippen molar-refractivity contribution < 1.29 is 18.0 Å². The van der Waals surface area contributed by atoms with Gasteiger partial charge >= 0.3 is 12.2 Å². The van der Waals surface area contributed by atoms with Crippen LogP contribution in [0.3, 0.4) is 0 Å². The highest BCUT2D eigenvalue weighted by Gasteiger charge is 2.41. The number of urea groups is 1. The smallest absolute Gasteiger partial charge is 0.363 e. The van der Waals surface area contributed by atoms with Gasteiger partial charge in [-0.3, -0.25) is 0 Å². The van der Waals surface area contributed by atoms with Gasteiger partial charge in [0.1, 0.15) is 6.17 Å². The Morgan fingerprint density at radius 1 is 1.37 bits per heavy atom. The summed E-state index contributed by atoms with van der Waals surface area (Å²) < 4.78 is 38.5. The SMILES string of the molecule is CCCSc1cccc(NC2CN(C)C(=O)N2c2nnc(C(F)(F)F)s2)c1. The van der Waals surface area contributed by atoms with Crippen LogP contribution in [-0.4, -0.2) is 46.6 Å². The number of halogens is 3. The number of rotatable bonds is 6. The maximum atomic E-state index is 12.8. The first-order valence-electron chi connectivity index (χ1n) is 8.24. The van der Waals surface area contributed by atoms with Crippen LogP contribution in [0.15, 0.2) is 29.2 Å². The van der Waals surface area contributed by atoms with Gasteiger partial charge in [0.2, 0.25) is 10.1 Å². The third kappa shape index (κ3) is 4.46. The Morgan fingerprint density at radius 3 is 2.81 bits per heavy atom. The van der Waals surface area contributed by atoms with Crippen molar-refractivity contribution in [2.24, 2.45) is 0 Å². The molecule has 1 N–H and O–H groups in total. The minimum Gasteiger partial charge on any atom is -0.363 e. The number of anilines is 2. The van der Waals surface area contributed by atoms with Crippen LogP contribution in [0.25, 0.3) is 0 Å². The van der Waals surface area contributed by atoms with Crippen molar-refractivity contribution in [2.45, 2.75) is 30.6 Å². The molecule has 2 amide bonds. The summed E-state index contributed by atoms with van der Waals surface area (Å²) in [5.74, 6) is 0.991. The number of hydrogen-bond donors (Lipinski definition) is 1. The largest absolute Gasteiger partial charge is 0.445 e. The lowest BCUT2D eigenvalue weighted by molar-refractivity contribution is -0.138. The quantitative estimate of drug-likeness (QED) is 0.708. The van der Waals surface area contributed by atoms with Crippen LogP contribution in [0.1, 0.15) is 18.4 Å². The highest BCUT2D eigenvalue weighted by Crippen LogP contribution is 2.36. The van der Waals surface area contributed by atoms with Gasteiger partial charge in [-0.25, -0.2) is 9.69 Å². The van der Waals surface area contributed by atoms with Crippen molar-refractivity contribution in [3.63, 3.8) is 0 Å². The molecule has 6 nitrogen and oxygen atoms in total. The second-order valence-electron chi connectivity index (χ2n) is 5.96. The molecule has 0 bridgehead atoms. The van der Waals surface area contributed by atoms with Crippen LogP contribution in [-0.2, 0) is 6.18 Å². The van der Waals surface area contributed by atoms with Crippen LogP contribution in [0.5, 0.6) is 0 Å². The molecule has 2 heterocycles. The molecule has 1 aromatic carbocycles. The van der Waals surface area contributed by atoms with Crippen LogP contribution in [0, 0.1) is 0 Å². The van der Waals surface area contributed by atoms with Crippen molar-refractivity contribution in [1.82, 2.24) is 15.1 Å². The van der Waals surface area contributed by atoms with E-state index >= 15 is 0 Å². The molecule has 0 aliphatic carbocycles. The Balaban J connectivity index is 1.81. The van der Waals surface area contributed by atoms with Crippen molar-refractivity contribution in [2.75, 3.05) is 29.6 Å². The zero-order chi connectivity index (χ0) is 19.6. The number of hydrogen-bond acceptors (Lipinski definition) is 6. The molecule has 0 radical (unpaired) electrons. The van der Waals surface area contributed by atoms with E-state index in [1.54, 1.807) is 18.8 Å². The first kappa shape index (κ1) is 19.7. The fourth-order valence-electron chi connectivity index (χ4n) is 2.58. The van der Waals surface area contributed by atoms with Gasteiger partial charge in [0.25, 0.3) is 0 Å². The number of carbonyl (C=O) groups excluding carboxylic acids is 1. The lowest BCUT2D eigenvalue weighted by Crippen LogP contribution is -2.39. The molecule has 3 rings (SSSR count). The number of benzene rings is 1. The number of thioether (sulfide) groups is 1. The molecule has 1 fully saturated rings. The molecule has 0 saturated carbocycles. The fourth-order valence-corrected chi connectivity index (χ4v) is 4.16. The Bertz CT molecular complexity index is 813. The maximum absolute atomic E-state index is 12.8. The van der Waals surface area contributed by atoms with Gasteiger partial charge in [0.15, 0.2) is 0 Å². The number of amides is 2. The average molecular weight is 417 g/mol. The molecular weight excluding hydrogens is 399 g/mol. The van der Waals surface area contributed by atoms with Crippen molar-refractivity contribution in [1.29, 1.82) is 0 Å². The van der Waals surface area contributed by atoms with Gasteiger partial charge in [0, 0.05) is 17.6 Å². The van der Waals surface area contributed by atoms with Crippen molar-refractivity contribution in [3.8, 4) is 0 Å². The summed E-state index contributed by atoms with van der Waals surface area (Å²) in [7, 11) is 1.59. The number of alkyl halides is 3. The van der Waals surface area contributed by atoms with E-state index in [1.165, 1.54) is 9.80 Å². The maximum Gasteiger partial charge on any atom is 0.445 e. The van der Waals surface area contributed by atoms with Gasteiger partial charge in [-0.15, -0.1) is 22.0 Å². The summed E-state index contributed by atoms with van der Waals surface area (Å²) in [5.41, 5.74) is 0.787. The summed E-state index contributed by atoms with van der Waals surface area (Å²) in [6.45, 7) is 2.41. The zero-order valence-electron chi connectivity index (χ0n) is 14.7. The first-order valence-corrected chi connectivity index (χ1v) is 10.0. The van der Waals surface area contributed by atoms with E-state index < -0.39 is 23.4 Å². The highest BCUT2D eigenvalue weighted by molar-refractivity contribution is 7.99. The number of carbonyl (C=O) groups is 1. The molecule has 0 spiro atoms. The third-order valence-corrected chi connectivity index (χ3v) is 5.96. The minimum atomic E-state index is -4.58. The first-order chi connectivity index (χ1) is 12.8. The van der Waals surface area contributed by atoms with E-state index in [1.807, 2.05) is 24.3 Å². The van der Waals surface area contributed by atoms with E-state index in [9.17, 15) is 18.0 Å². The lowest BCUT2D eigenvalue weighted by atomic mass is 10.3. The van der Waals surface area contributed by atoms with E-state index in [4.69, 9.17) is 0 Å². The summed E-state index contributed by atoms with van der Waals surface area (Å²) in [5, 5.41) is 8.84. The molecule has 1 unspecified atom stereocenters. The Labute approximate surface area is 162 Å². The van der Waals surface area contributed by atoms with Crippen molar-refractivity contribution in [3.05, 3.63) is 29.3 Å². The summed E-state index contributed by atoms with van der Waals surface area (Å²) >= 11 is 2.08. The molecular formula is C16H18F3N5OS2. The van der Waals surface area contributed by atoms with Gasteiger partial charge in [0.05, 0.1) is 6.54 Å². The highest BCUT2D eigenvalue weighted by atomic mass is 32.2. The normalized spacial score (nSPS) is 17.7. The number of aromatic nitrogens is 2. The Hall–Kier alpha value is -2.01. The minimum absolute atomic E-state index is 0.0781. The van der Waals surface area contributed by atoms with E-state index in [-0.39, 0.29) is 5.13 Å². The molecule has 1 atom stereocenters. The topological polar surface area (TPSA) is 61.4 Å². The molecule has 11 heteroatoms. The lowest BCUT2D eigenvalue weighted by Gasteiger charge is -2.22. The van der Waals surface area contributed by atoms with Gasteiger partial charge in [-0.2, -0.15) is 13.2 Å². The Morgan fingerprint density at radius 2 is 2.15 bits per heavy atom. The predicted octanol–water partition coefficient (Wildman–Crippen LogP) is 4.37. The predicted molar refractivity (Wildman–Crippen MR) is 100 cm³/mol. The molecule has 1 saturated heterocycles. The average Bonchev–Trinajstić information content (AvgIpc) is 3.19. The van der Waals surface area contributed by atoms with Gasteiger partial charge in [-0.1, -0.05) is 24.3 Å². The van der Waals surface area contributed by atoms with E-state index in [0.717, 1.165) is 22.8 Å². The van der Waals surface area contributed by atoms with Crippen LogP contribution < -0.4 is 10.2 Å². The zero-order valence-corrected chi connectivity index (χ0v) is 16.3. The second-order valence-corrected chi connectivity index (χ2v) is 8.08. The number of nitrogens with one attached hydrogen (secondary N) is 1. The summed E-state index contributed by atoms with van der Waals surface area (Å²) in [6, 6.07) is 7.29. The summed E-state index contributed by atoms with van der Waals surface area (Å²) in [4.78, 5) is 16.2.